The third kappa shape index (κ3) is 2.58. The van der Waals surface area contributed by atoms with E-state index in [0.29, 0.717) is 16.7 Å². The van der Waals surface area contributed by atoms with Gasteiger partial charge in [-0.05, 0) is 25.0 Å². The number of carbonyl (C=O) groups excluding carboxylic acids is 1. The molecule has 0 bridgehead atoms. The number of hydrogen-bond acceptors (Lipinski definition) is 5. The number of ether oxygens (including phenoxy) is 1. The van der Waals surface area contributed by atoms with E-state index in [2.05, 4.69) is 4.98 Å². The maximum Gasteiger partial charge on any atom is 0.309 e. The van der Waals surface area contributed by atoms with Gasteiger partial charge in [-0.3, -0.25) is 14.2 Å². The summed E-state index contributed by atoms with van der Waals surface area (Å²) < 4.78 is 6.51. The fourth-order valence-corrected chi connectivity index (χ4v) is 2.46. The van der Waals surface area contributed by atoms with Crippen LogP contribution < -0.4 is 5.56 Å². The highest BCUT2D eigenvalue weighted by Gasteiger charge is 2.27. The van der Waals surface area contributed by atoms with Crippen LogP contribution in [0.4, 0.5) is 0 Å². The number of benzene rings is 1. The van der Waals surface area contributed by atoms with Gasteiger partial charge in [0.1, 0.15) is 13.2 Å². The summed E-state index contributed by atoms with van der Waals surface area (Å²) in [5.41, 5.74) is 0.248. The molecule has 1 aliphatic rings. The normalized spacial score (nSPS) is 14.3. The molecule has 0 amide bonds. The Morgan fingerprint density at radius 2 is 2.18 bits per heavy atom. The first kappa shape index (κ1) is 14.3. The van der Waals surface area contributed by atoms with Gasteiger partial charge in [0.15, 0.2) is 5.82 Å². The minimum Gasteiger partial charge on any atom is -0.457 e. The summed E-state index contributed by atoms with van der Waals surface area (Å²) in [5, 5.41) is 9.36. The van der Waals surface area contributed by atoms with Crippen LogP contribution in [-0.4, -0.2) is 15.5 Å². The predicted molar refractivity (Wildman–Crippen MR) is 78.8 cm³/mol. The Labute approximate surface area is 127 Å². The standard InChI is InChI=1S/C16H15N3O3/c17-8-9-19-14(10-22-16(21)11-4-3-5-11)18-13-7-2-1-6-12(13)15(19)20/h1-2,6-7,11H,3-5,9-10H2. The highest BCUT2D eigenvalue weighted by molar-refractivity contribution is 5.77. The van der Waals surface area contributed by atoms with E-state index in [1.54, 1.807) is 24.3 Å². The van der Waals surface area contributed by atoms with Crippen LogP contribution in [0, 0.1) is 17.2 Å². The van der Waals surface area contributed by atoms with Crippen LogP contribution in [0.15, 0.2) is 29.1 Å². The monoisotopic (exact) mass is 297 g/mol. The summed E-state index contributed by atoms with van der Waals surface area (Å²) in [6.45, 7) is -0.204. The Balaban J connectivity index is 1.92. The molecule has 2 aromatic rings. The van der Waals surface area contributed by atoms with E-state index in [9.17, 15) is 9.59 Å². The molecule has 1 heterocycles. The molecule has 0 aliphatic heterocycles. The average molecular weight is 297 g/mol. The molecule has 6 heteroatoms. The van der Waals surface area contributed by atoms with Crippen LogP contribution in [-0.2, 0) is 22.7 Å². The van der Waals surface area contributed by atoms with Crippen molar-refractivity contribution in [1.82, 2.24) is 9.55 Å². The molecular formula is C16H15N3O3. The molecule has 1 fully saturated rings. The smallest absolute Gasteiger partial charge is 0.309 e. The lowest BCUT2D eigenvalue weighted by Crippen LogP contribution is -2.28. The first-order valence-electron chi connectivity index (χ1n) is 7.22. The number of para-hydroxylation sites is 1. The highest BCUT2D eigenvalue weighted by Crippen LogP contribution is 2.27. The number of rotatable bonds is 4. The molecule has 1 aromatic heterocycles. The predicted octanol–water partition coefficient (Wildman–Crippen LogP) is 1.76. The second kappa shape index (κ2) is 5.98. The molecule has 0 atom stereocenters. The van der Waals surface area contributed by atoms with Gasteiger partial charge in [0.05, 0.1) is 22.9 Å². The lowest BCUT2D eigenvalue weighted by atomic mass is 9.86. The fourth-order valence-electron chi connectivity index (χ4n) is 2.46. The van der Waals surface area contributed by atoms with E-state index in [1.807, 2.05) is 6.07 Å². The van der Waals surface area contributed by atoms with E-state index in [-0.39, 0.29) is 30.6 Å². The molecule has 0 saturated heterocycles. The summed E-state index contributed by atoms with van der Waals surface area (Å²) in [5.74, 6) is 0.0201. The van der Waals surface area contributed by atoms with Crippen LogP contribution in [0.1, 0.15) is 25.1 Å². The maximum absolute atomic E-state index is 12.4. The van der Waals surface area contributed by atoms with Gasteiger partial charge in [0.2, 0.25) is 0 Å². The zero-order chi connectivity index (χ0) is 15.5. The molecule has 3 rings (SSSR count). The number of nitrogens with zero attached hydrogens (tertiary/aromatic N) is 3. The lowest BCUT2D eigenvalue weighted by molar-refractivity contribution is -0.153. The summed E-state index contributed by atoms with van der Waals surface area (Å²) in [7, 11) is 0. The van der Waals surface area contributed by atoms with E-state index < -0.39 is 0 Å². The Bertz CT molecular complexity index is 815. The van der Waals surface area contributed by atoms with Crippen LogP contribution in [0.3, 0.4) is 0 Å². The van der Waals surface area contributed by atoms with Gasteiger partial charge < -0.3 is 4.74 Å². The van der Waals surface area contributed by atoms with Gasteiger partial charge in [-0.2, -0.15) is 5.26 Å². The molecule has 0 unspecified atom stereocenters. The zero-order valence-corrected chi connectivity index (χ0v) is 12.0. The zero-order valence-electron chi connectivity index (χ0n) is 12.0. The molecule has 1 aliphatic carbocycles. The molecule has 0 radical (unpaired) electrons. The van der Waals surface area contributed by atoms with Gasteiger partial charge in [-0.15, -0.1) is 0 Å². The van der Waals surface area contributed by atoms with E-state index in [4.69, 9.17) is 10.00 Å². The topological polar surface area (TPSA) is 85.0 Å². The maximum atomic E-state index is 12.4. The van der Waals surface area contributed by atoms with Crippen molar-refractivity contribution in [3.05, 3.63) is 40.4 Å². The average Bonchev–Trinajstić information content (AvgIpc) is 2.47. The fraction of sp³-hybridized carbons (Fsp3) is 0.375. The van der Waals surface area contributed by atoms with E-state index in [0.717, 1.165) is 19.3 Å². The van der Waals surface area contributed by atoms with Crippen molar-refractivity contribution < 1.29 is 9.53 Å². The van der Waals surface area contributed by atoms with Gasteiger partial charge in [-0.25, -0.2) is 4.98 Å². The quantitative estimate of drug-likeness (QED) is 0.803. The van der Waals surface area contributed by atoms with Crippen molar-refractivity contribution in [1.29, 1.82) is 5.26 Å². The van der Waals surface area contributed by atoms with Gasteiger partial charge >= 0.3 is 5.97 Å². The van der Waals surface area contributed by atoms with Crippen molar-refractivity contribution >= 4 is 16.9 Å². The van der Waals surface area contributed by atoms with E-state index in [1.165, 1.54) is 4.57 Å². The summed E-state index contributed by atoms with van der Waals surface area (Å²) in [4.78, 5) is 28.6. The summed E-state index contributed by atoms with van der Waals surface area (Å²) in [6, 6.07) is 8.88. The Morgan fingerprint density at radius 1 is 1.41 bits per heavy atom. The first-order chi connectivity index (χ1) is 10.7. The molecule has 0 spiro atoms. The van der Waals surface area contributed by atoms with Crippen LogP contribution in [0.5, 0.6) is 0 Å². The summed E-state index contributed by atoms with van der Waals surface area (Å²) in [6.07, 6.45) is 2.76. The largest absolute Gasteiger partial charge is 0.457 e. The minimum absolute atomic E-state index is 0.0309. The Hall–Kier alpha value is -2.68. The SMILES string of the molecule is N#CCn1c(COC(=O)C2CCC2)nc2ccccc2c1=O. The number of esters is 1. The molecule has 1 saturated carbocycles. The number of carbonyl (C=O) groups is 1. The van der Waals surface area contributed by atoms with Crippen molar-refractivity contribution in [2.24, 2.45) is 5.92 Å². The van der Waals surface area contributed by atoms with Crippen LogP contribution >= 0.6 is 0 Å². The Morgan fingerprint density at radius 3 is 2.86 bits per heavy atom. The lowest BCUT2D eigenvalue weighted by Gasteiger charge is -2.23. The molecule has 6 nitrogen and oxygen atoms in total. The third-order valence-electron chi connectivity index (χ3n) is 3.95. The van der Waals surface area contributed by atoms with Gasteiger partial charge in [-0.1, -0.05) is 18.6 Å². The second-order valence-electron chi connectivity index (χ2n) is 5.33. The first-order valence-corrected chi connectivity index (χ1v) is 7.22. The second-order valence-corrected chi connectivity index (χ2v) is 5.33. The highest BCUT2D eigenvalue weighted by atomic mass is 16.5. The minimum atomic E-state index is -0.290. The number of nitriles is 1. The summed E-state index contributed by atoms with van der Waals surface area (Å²) >= 11 is 0. The van der Waals surface area contributed by atoms with Crippen molar-refractivity contribution in [2.75, 3.05) is 0 Å². The van der Waals surface area contributed by atoms with Gasteiger partial charge in [0, 0.05) is 0 Å². The van der Waals surface area contributed by atoms with Crippen molar-refractivity contribution in [3.8, 4) is 6.07 Å². The van der Waals surface area contributed by atoms with Crippen molar-refractivity contribution in [2.45, 2.75) is 32.4 Å². The number of aromatic nitrogens is 2. The molecular weight excluding hydrogens is 282 g/mol. The van der Waals surface area contributed by atoms with Crippen LogP contribution in [0.2, 0.25) is 0 Å². The molecule has 1 aromatic carbocycles. The van der Waals surface area contributed by atoms with E-state index >= 15 is 0 Å². The van der Waals surface area contributed by atoms with Gasteiger partial charge in [0.25, 0.3) is 5.56 Å². The number of hydrogen-bond donors (Lipinski definition) is 0. The van der Waals surface area contributed by atoms with Crippen LogP contribution in [0.25, 0.3) is 10.9 Å². The number of fused-ring (bicyclic) bond motifs is 1. The molecule has 22 heavy (non-hydrogen) atoms. The Kier molecular flexibility index (Phi) is 3.88. The van der Waals surface area contributed by atoms with Crippen molar-refractivity contribution in [3.63, 3.8) is 0 Å². The third-order valence-corrected chi connectivity index (χ3v) is 3.95. The molecule has 112 valence electrons. The molecule has 0 N–H and O–H groups in total.